The summed E-state index contributed by atoms with van der Waals surface area (Å²) in [5.74, 6) is -0.616. The minimum atomic E-state index is -0.741. The van der Waals surface area contributed by atoms with Gasteiger partial charge in [0.2, 0.25) is 5.75 Å². The summed E-state index contributed by atoms with van der Waals surface area (Å²) in [7, 11) is 1.39. The molecule has 24 heavy (non-hydrogen) atoms. The van der Waals surface area contributed by atoms with E-state index in [-0.39, 0.29) is 21.3 Å². The minimum Gasteiger partial charge on any atom is -0.496 e. The number of benzene rings is 2. The van der Waals surface area contributed by atoms with Crippen molar-refractivity contribution in [2.45, 2.75) is 0 Å². The van der Waals surface area contributed by atoms with Crippen LogP contribution in [-0.2, 0) is 0 Å². The Balaban J connectivity index is 1.97. The van der Waals surface area contributed by atoms with E-state index in [1.165, 1.54) is 36.6 Å². The van der Waals surface area contributed by atoms with Crippen molar-refractivity contribution >= 4 is 44.7 Å². The number of nitro benzene ring substituents is 1. The normalized spacial score (nSPS) is 10.6. The Labute approximate surface area is 145 Å². The Kier molecular flexibility index (Phi) is 4.37. The molecule has 2 aromatic carbocycles. The molecule has 0 radical (unpaired) electrons. The third kappa shape index (κ3) is 2.91. The molecule has 0 amide bonds. The van der Waals surface area contributed by atoms with E-state index in [0.29, 0.717) is 5.75 Å². The molecule has 0 unspecified atom stereocenters. The lowest BCUT2D eigenvalue weighted by Crippen LogP contribution is -2.08. The molecule has 0 atom stereocenters. The van der Waals surface area contributed by atoms with Gasteiger partial charge in [-0.3, -0.25) is 10.1 Å². The number of carbonyl (C=O) groups excluding carboxylic acids is 1. The van der Waals surface area contributed by atoms with E-state index < -0.39 is 10.9 Å². The van der Waals surface area contributed by atoms with Crippen LogP contribution < -0.4 is 9.47 Å². The number of nitrogens with zero attached hydrogens (tertiary/aromatic N) is 1. The molecular weight excluding hydrogens is 354 g/mol. The smallest absolute Gasteiger partial charge is 0.355 e. The van der Waals surface area contributed by atoms with Crippen molar-refractivity contribution in [3.05, 3.63) is 62.5 Å². The minimum absolute atomic E-state index is 0.167. The molecule has 0 N–H and O–H groups in total. The average molecular weight is 364 g/mol. The number of thiophene rings is 1. The Bertz CT molecular complexity index is 953. The molecule has 0 bridgehead atoms. The number of halogens is 1. The lowest BCUT2D eigenvalue weighted by Gasteiger charge is -2.06. The zero-order valence-corrected chi connectivity index (χ0v) is 13.9. The maximum Gasteiger partial charge on any atom is 0.355 e. The summed E-state index contributed by atoms with van der Waals surface area (Å²) in [6.07, 6.45) is 0. The van der Waals surface area contributed by atoms with Gasteiger partial charge in [0.1, 0.15) is 10.6 Å². The quantitative estimate of drug-likeness (QED) is 0.291. The lowest BCUT2D eigenvalue weighted by atomic mass is 10.2. The molecule has 6 nitrogen and oxygen atoms in total. The molecule has 122 valence electrons. The van der Waals surface area contributed by atoms with Gasteiger partial charge in [-0.05, 0) is 18.2 Å². The van der Waals surface area contributed by atoms with Crippen molar-refractivity contribution in [2.24, 2.45) is 0 Å². The van der Waals surface area contributed by atoms with Crippen LogP contribution in [0, 0.1) is 10.1 Å². The van der Waals surface area contributed by atoms with Gasteiger partial charge in [0.05, 0.1) is 23.1 Å². The Hall–Kier alpha value is -2.64. The van der Waals surface area contributed by atoms with Gasteiger partial charge in [-0.1, -0.05) is 29.8 Å². The first kappa shape index (κ1) is 16.2. The van der Waals surface area contributed by atoms with Crippen LogP contribution in [0.3, 0.4) is 0 Å². The first-order valence-corrected chi connectivity index (χ1v) is 7.92. The number of hydrogen-bond acceptors (Lipinski definition) is 6. The number of nitro groups is 1. The number of fused-ring (bicyclic) bond motifs is 1. The fourth-order valence-corrected chi connectivity index (χ4v) is 3.53. The van der Waals surface area contributed by atoms with Crippen LogP contribution >= 0.6 is 22.9 Å². The fraction of sp³-hybridized carbons (Fsp3) is 0.0625. The van der Waals surface area contributed by atoms with Gasteiger partial charge in [-0.15, -0.1) is 11.3 Å². The molecule has 0 saturated carbocycles. The molecular formula is C16H10ClNO5S. The largest absolute Gasteiger partial charge is 0.496 e. The summed E-state index contributed by atoms with van der Waals surface area (Å²) in [5.41, 5.74) is -0.361. The van der Waals surface area contributed by atoms with Crippen LogP contribution in [0.25, 0.3) is 10.1 Å². The van der Waals surface area contributed by atoms with Crippen molar-refractivity contribution in [1.29, 1.82) is 0 Å². The second-order valence-corrected chi connectivity index (χ2v) is 6.15. The Morgan fingerprint density at radius 3 is 2.67 bits per heavy atom. The summed E-state index contributed by atoms with van der Waals surface area (Å²) in [6, 6.07) is 11.2. The maximum atomic E-state index is 12.4. The summed E-state index contributed by atoms with van der Waals surface area (Å²) < 4.78 is 11.0. The molecule has 0 aliphatic heterocycles. The topological polar surface area (TPSA) is 78.7 Å². The number of methoxy groups -OCH3 is 1. The monoisotopic (exact) mass is 363 g/mol. The number of hydrogen-bond donors (Lipinski definition) is 0. The number of rotatable bonds is 4. The van der Waals surface area contributed by atoms with Gasteiger partial charge in [0.15, 0.2) is 0 Å². The molecule has 8 heteroatoms. The molecule has 0 aliphatic rings. The first-order valence-electron chi connectivity index (χ1n) is 6.73. The number of carbonyl (C=O) groups is 1. The molecule has 1 heterocycles. The van der Waals surface area contributed by atoms with Gasteiger partial charge in [0.25, 0.3) is 0 Å². The van der Waals surface area contributed by atoms with E-state index in [0.717, 1.165) is 10.1 Å². The van der Waals surface area contributed by atoms with Crippen LogP contribution in [0.4, 0.5) is 5.69 Å². The summed E-state index contributed by atoms with van der Waals surface area (Å²) in [5, 5.41) is 12.2. The SMILES string of the molecule is COc1ccc(OC(=O)c2sc3ccccc3c2Cl)c([N+](=O)[O-])c1. The third-order valence-corrected chi connectivity index (χ3v) is 4.94. The zero-order chi connectivity index (χ0) is 17.3. The number of esters is 1. The van der Waals surface area contributed by atoms with Gasteiger partial charge in [-0.25, -0.2) is 4.79 Å². The van der Waals surface area contributed by atoms with Gasteiger partial charge in [0, 0.05) is 10.1 Å². The standard InChI is InChI=1S/C16H10ClNO5S/c1-22-9-6-7-12(11(8-9)18(20)21)23-16(19)15-14(17)10-4-2-3-5-13(10)24-15/h2-8H,1H3. The van der Waals surface area contributed by atoms with E-state index >= 15 is 0 Å². The molecule has 3 aromatic rings. The second-order valence-electron chi connectivity index (χ2n) is 4.72. The highest BCUT2D eigenvalue weighted by molar-refractivity contribution is 7.21. The van der Waals surface area contributed by atoms with E-state index in [4.69, 9.17) is 21.1 Å². The van der Waals surface area contributed by atoms with Crippen molar-refractivity contribution in [3.63, 3.8) is 0 Å². The Morgan fingerprint density at radius 2 is 2.00 bits per heavy atom. The predicted molar refractivity (Wildman–Crippen MR) is 91.4 cm³/mol. The van der Waals surface area contributed by atoms with E-state index in [1.807, 2.05) is 18.2 Å². The van der Waals surface area contributed by atoms with E-state index in [9.17, 15) is 14.9 Å². The van der Waals surface area contributed by atoms with Gasteiger partial charge < -0.3 is 9.47 Å². The second kappa shape index (κ2) is 6.46. The van der Waals surface area contributed by atoms with E-state index in [2.05, 4.69) is 0 Å². The summed E-state index contributed by atoms with van der Waals surface area (Å²) in [6.45, 7) is 0. The highest BCUT2D eigenvalue weighted by Gasteiger charge is 2.23. The number of ether oxygens (including phenoxy) is 2. The highest BCUT2D eigenvalue weighted by atomic mass is 35.5. The van der Waals surface area contributed by atoms with Crippen LogP contribution in [0.15, 0.2) is 42.5 Å². The van der Waals surface area contributed by atoms with Crippen molar-refractivity contribution in [3.8, 4) is 11.5 Å². The van der Waals surface area contributed by atoms with Crippen LogP contribution in [0.5, 0.6) is 11.5 Å². The predicted octanol–water partition coefficient (Wildman–Crippen LogP) is 4.69. The maximum absolute atomic E-state index is 12.4. The highest BCUT2D eigenvalue weighted by Crippen LogP contribution is 2.37. The van der Waals surface area contributed by atoms with Crippen molar-refractivity contribution in [1.82, 2.24) is 0 Å². The van der Waals surface area contributed by atoms with Crippen molar-refractivity contribution in [2.75, 3.05) is 7.11 Å². The van der Waals surface area contributed by atoms with Gasteiger partial charge in [-0.2, -0.15) is 0 Å². The molecule has 0 aliphatic carbocycles. The van der Waals surface area contributed by atoms with Crippen molar-refractivity contribution < 1.29 is 19.2 Å². The van der Waals surface area contributed by atoms with Crippen LogP contribution in [-0.4, -0.2) is 18.0 Å². The molecule has 0 fully saturated rings. The Morgan fingerprint density at radius 1 is 1.25 bits per heavy atom. The van der Waals surface area contributed by atoms with E-state index in [1.54, 1.807) is 6.07 Å². The molecule has 3 rings (SSSR count). The van der Waals surface area contributed by atoms with Gasteiger partial charge >= 0.3 is 11.7 Å². The van der Waals surface area contributed by atoms with Crippen LogP contribution in [0.2, 0.25) is 5.02 Å². The summed E-state index contributed by atoms with van der Waals surface area (Å²) in [4.78, 5) is 23.1. The lowest BCUT2D eigenvalue weighted by molar-refractivity contribution is -0.385. The fourth-order valence-electron chi connectivity index (χ4n) is 2.14. The van der Waals surface area contributed by atoms with Crippen LogP contribution in [0.1, 0.15) is 9.67 Å². The average Bonchev–Trinajstić information content (AvgIpc) is 2.92. The summed E-state index contributed by atoms with van der Waals surface area (Å²) >= 11 is 7.40. The third-order valence-electron chi connectivity index (χ3n) is 3.29. The molecule has 0 spiro atoms. The molecule has 0 saturated heterocycles. The first-order chi connectivity index (χ1) is 11.5. The molecule has 1 aromatic heterocycles. The zero-order valence-electron chi connectivity index (χ0n) is 12.3.